The Morgan fingerprint density at radius 3 is 2.14 bits per heavy atom. The molecule has 0 saturated heterocycles. The molecule has 0 unspecified atom stereocenters. The van der Waals surface area contributed by atoms with Crippen LogP contribution in [0.3, 0.4) is 0 Å². The minimum atomic E-state index is -3.51. The van der Waals surface area contributed by atoms with Crippen LogP contribution in [0, 0.1) is 0 Å². The zero-order valence-corrected chi connectivity index (χ0v) is 18.0. The maximum atomic E-state index is 12.0. The third kappa shape index (κ3) is 6.48. The van der Waals surface area contributed by atoms with Gasteiger partial charge in [-0.05, 0) is 36.4 Å². The molecule has 0 heterocycles. The Balaban J connectivity index is 1.80. The van der Waals surface area contributed by atoms with Gasteiger partial charge in [0.05, 0.1) is 29.2 Å². The van der Waals surface area contributed by atoms with E-state index in [0.29, 0.717) is 17.1 Å². The van der Waals surface area contributed by atoms with Crippen molar-refractivity contribution in [1.29, 1.82) is 0 Å². The first kappa shape index (κ1) is 22.7. The lowest BCUT2D eigenvalue weighted by Gasteiger charge is -2.12. The lowest BCUT2D eigenvalue weighted by atomic mass is 10.3. The van der Waals surface area contributed by atoms with Gasteiger partial charge in [0.1, 0.15) is 5.75 Å². The minimum absolute atomic E-state index is 0.0804. The molecule has 2 rings (SSSR count). The number of anilines is 2. The van der Waals surface area contributed by atoms with Gasteiger partial charge in [0.2, 0.25) is 21.8 Å². The van der Waals surface area contributed by atoms with Crippen LogP contribution < -0.4 is 15.4 Å². The third-order valence-electron chi connectivity index (χ3n) is 3.76. The van der Waals surface area contributed by atoms with E-state index in [1.54, 1.807) is 24.3 Å². The van der Waals surface area contributed by atoms with Crippen LogP contribution in [-0.2, 0) is 19.6 Å². The number of nitrogens with one attached hydrogen (secondary N) is 2. The van der Waals surface area contributed by atoms with E-state index in [2.05, 4.69) is 10.6 Å². The molecule has 0 aliphatic rings. The number of para-hydroxylation sites is 2. The molecular formula is C19H23N3O5S2. The number of carbonyl (C=O) groups is 2. The molecule has 2 aromatic carbocycles. The standard InChI is InChI=1S/C19H23N3O5S2/c1-22(2)29(25,26)15-10-8-14(9-11-15)20-18(23)12-28-13-19(24)21-16-6-4-5-7-17(16)27-3/h4-11H,12-13H2,1-3H3,(H,20,23)(H,21,24). The molecule has 29 heavy (non-hydrogen) atoms. The van der Waals surface area contributed by atoms with Gasteiger partial charge in [0.15, 0.2) is 0 Å². The summed E-state index contributed by atoms with van der Waals surface area (Å²) in [5.74, 6) is 0.208. The fraction of sp³-hybridized carbons (Fsp3) is 0.263. The number of sulfonamides is 1. The number of hydrogen-bond acceptors (Lipinski definition) is 6. The van der Waals surface area contributed by atoms with Crippen molar-refractivity contribution in [2.75, 3.05) is 43.3 Å². The molecule has 0 aliphatic heterocycles. The van der Waals surface area contributed by atoms with Crippen molar-refractivity contribution in [3.63, 3.8) is 0 Å². The third-order valence-corrected chi connectivity index (χ3v) is 6.53. The number of thioether (sulfide) groups is 1. The highest BCUT2D eigenvalue weighted by atomic mass is 32.2. The average Bonchev–Trinajstić information content (AvgIpc) is 2.68. The SMILES string of the molecule is COc1ccccc1NC(=O)CSCC(=O)Nc1ccc(S(=O)(=O)N(C)C)cc1. The normalized spacial score (nSPS) is 11.2. The largest absolute Gasteiger partial charge is 0.495 e. The summed E-state index contributed by atoms with van der Waals surface area (Å²) in [7, 11) is 0.908. The predicted molar refractivity (Wildman–Crippen MR) is 115 cm³/mol. The molecule has 156 valence electrons. The van der Waals surface area contributed by atoms with Crippen molar-refractivity contribution in [2.24, 2.45) is 0 Å². The zero-order chi connectivity index (χ0) is 21.4. The number of benzene rings is 2. The van der Waals surface area contributed by atoms with E-state index in [4.69, 9.17) is 4.74 Å². The predicted octanol–water partition coefficient (Wildman–Crippen LogP) is 2.26. The number of carbonyl (C=O) groups excluding carboxylic acids is 2. The second-order valence-electron chi connectivity index (χ2n) is 6.10. The first-order valence-electron chi connectivity index (χ1n) is 8.57. The van der Waals surface area contributed by atoms with E-state index in [9.17, 15) is 18.0 Å². The van der Waals surface area contributed by atoms with Gasteiger partial charge in [0, 0.05) is 19.8 Å². The molecule has 10 heteroatoms. The van der Waals surface area contributed by atoms with E-state index in [1.807, 2.05) is 0 Å². The first-order chi connectivity index (χ1) is 13.7. The first-order valence-corrected chi connectivity index (χ1v) is 11.2. The smallest absolute Gasteiger partial charge is 0.242 e. The molecule has 0 bridgehead atoms. The molecule has 2 aromatic rings. The Labute approximate surface area is 174 Å². The molecule has 2 N–H and O–H groups in total. The summed E-state index contributed by atoms with van der Waals surface area (Å²) in [5.41, 5.74) is 1.05. The van der Waals surface area contributed by atoms with Crippen LogP contribution in [-0.4, -0.2) is 57.2 Å². The number of rotatable bonds is 9. The molecule has 0 fully saturated rings. The monoisotopic (exact) mass is 437 g/mol. The van der Waals surface area contributed by atoms with Gasteiger partial charge in [0.25, 0.3) is 0 Å². The highest BCUT2D eigenvalue weighted by molar-refractivity contribution is 8.00. The van der Waals surface area contributed by atoms with Crippen LogP contribution in [0.15, 0.2) is 53.4 Å². The second kappa shape index (κ2) is 10.3. The van der Waals surface area contributed by atoms with E-state index in [0.717, 1.165) is 4.31 Å². The molecule has 8 nitrogen and oxygen atoms in total. The summed E-state index contributed by atoms with van der Waals surface area (Å²) in [5, 5.41) is 5.41. The molecular weight excluding hydrogens is 414 g/mol. The number of ether oxygens (including phenoxy) is 1. The lowest BCUT2D eigenvalue weighted by Crippen LogP contribution is -2.22. The summed E-state index contributed by atoms with van der Waals surface area (Å²) < 4.78 is 30.4. The molecule has 0 aromatic heterocycles. The summed E-state index contributed by atoms with van der Waals surface area (Å²) in [6.45, 7) is 0. The molecule has 0 spiro atoms. The summed E-state index contributed by atoms with van der Waals surface area (Å²) in [6, 6.07) is 13.0. The lowest BCUT2D eigenvalue weighted by molar-refractivity contribution is -0.114. The maximum Gasteiger partial charge on any atom is 0.242 e. The van der Waals surface area contributed by atoms with Gasteiger partial charge in [-0.25, -0.2) is 12.7 Å². The average molecular weight is 438 g/mol. The Morgan fingerprint density at radius 1 is 0.966 bits per heavy atom. The van der Waals surface area contributed by atoms with E-state index in [-0.39, 0.29) is 28.2 Å². The van der Waals surface area contributed by atoms with Gasteiger partial charge in [-0.1, -0.05) is 12.1 Å². The van der Waals surface area contributed by atoms with Crippen molar-refractivity contribution >= 4 is 45.0 Å². The topological polar surface area (TPSA) is 105 Å². The Kier molecular flexibility index (Phi) is 8.06. The summed E-state index contributed by atoms with van der Waals surface area (Å²) in [4.78, 5) is 24.2. The Bertz CT molecular complexity index is 960. The van der Waals surface area contributed by atoms with Crippen LogP contribution >= 0.6 is 11.8 Å². The molecule has 0 aliphatic carbocycles. The number of nitrogens with zero attached hydrogens (tertiary/aromatic N) is 1. The van der Waals surface area contributed by atoms with Crippen LogP contribution in [0.1, 0.15) is 0 Å². The quantitative estimate of drug-likeness (QED) is 0.624. The highest BCUT2D eigenvalue weighted by Gasteiger charge is 2.16. The number of methoxy groups -OCH3 is 1. The Morgan fingerprint density at radius 2 is 1.55 bits per heavy atom. The molecule has 2 amide bonds. The van der Waals surface area contributed by atoms with Crippen molar-refractivity contribution in [1.82, 2.24) is 4.31 Å². The van der Waals surface area contributed by atoms with Crippen molar-refractivity contribution < 1.29 is 22.7 Å². The van der Waals surface area contributed by atoms with Crippen LogP contribution in [0.25, 0.3) is 0 Å². The fourth-order valence-electron chi connectivity index (χ4n) is 2.29. The van der Waals surface area contributed by atoms with Gasteiger partial charge >= 0.3 is 0 Å². The van der Waals surface area contributed by atoms with Crippen molar-refractivity contribution in [2.45, 2.75) is 4.90 Å². The molecule has 0 radical (unpaired) electrons. The Hall–Kier alpha value is -2.56. The van der Waals surface area contributed by atoms with Crippen LogP contribution in [0.4, 0.5) is 11.4 Å². The van der Waals surface area contributed by atoms with Gasteiger partial charge in [-0.15, -0.1) is 11.8 Å². The number of amides is 2. The molecule has 0 saturated carbocycles. The molecule has 0 atom stereocenters. The van der Waals surface area contributed by atoms with Gasteiger partial charge < -0.3 is 15.4 Å². The van der Waals surface area contributed by atoms with E-state index in [1.165, 1.54) is 57.2 Å². The van der Waals surface area contributed by atoms with Gasteiger partial charge in [-0.2, -0.15) is 0 Å². The van der Waals surface area contributed by atoms with Crippen LogP contribution in [0.5, 0.6) is 5.75 Å². The van der Waals surface area contributed by atoms with Crippen molar-refractivity contribution in [3.8, 4) is 5.75 Å². The van der Waals surface area contributed by atoms with Crippen molar-refractivity contribution in [3.05, 3.63) is 48.5 Å². The number of hydrogen-bond donors (Lipinski definition) is 2. The van der Waals surface area contributed by atoms with Gasteiger partial charge in [-0.3, -0.25) is 9.59 Å². The zero-order valence-electron chi connectivity index (χ0n) is 16.3. The summed E-state index contributed by atoms with van der Waals surface area (Å²) in [6.07, 6.45) is 0. The summed E-state index contributed by atoms with van der Waals surface area (Å²) >= 11 is 1.17. The van der Waals surface area contributed by atoms with Crippen LogP contribution in [0.2, 0.25) is 0 Å². The van der Waals surface area contributed by atoms with E-state index >= 15 is 0 Å². The fourth-order valence-corrected chi connectivity index (χ4v) is 3.81. The minimum Gasteiger partial charge on any atom is -0.495 e. The maximum absolute atomic E-state index is 12.0. The van der Waals surface area contributed by atoms with E-state index < -0.39 is 10.0 Å². The second-order valence-corrected chi connectivity index (χ2v) is 9.24. The highest BCUT2D eigenvalue weighted by Crippen LogP contribution is 2.23.